The summed E-state index contributed by atoms with van der Waals surface area (Å²) in [6, 6.07) is 4.56. The Balaban J connectivity index is 1.93. The van der Waals surface area contributed by atoms with Gasteiger partial charge in [-0.3, -0.25) is 4.98 Å². The molecule has 0 amide bonds. The van der Waals surface area contributed by atoms with Gasteiger partial charge < -0.3 is 10.1 Å². The molecule has 1 saturated carbocycles. The standard InChI is InChI=1S/C10H14N2O/c1-13-10-4-5-11-9(6-10)7-12-8-2-3-8/h4-6,8,12H,2-3,7H2,1H3. The zero-order valence-corrected chi connectivity index (χ0v) is 7.79. The number of methoxy groups -OCH3 is 1. The van der Waals surface area contributed by atoms with Gasteiger partial charge in [-0.2, -0.15) is 0 Å². The van der Waals surface area contributed by atoms with Crippen molar-refractivity contribution >= 4 is 0 Å². The lowest BCUT2D eigenvalue weighted by atomic mass is 10.3. The van der Waals surface area contributed by atoms with Crippen molar-refractivity contribution in [1.29, 1.82) is 0 Å². The molecular formula is C10H14N2O. The quantitative estimate of drug-likeness (QED) is 0.755. The summed E-state index contributed by atoms with van der Waals surface area (Å²) in [5, 5.41) is 3.41. The Morgan fingerprint density at radius 2 is 2.46 bits per heavy atom. The van der Waals surface area contributed by atoms with Crippen molar-refractivity contribution in [2.24, 2.45) is 0 Å². The smallest absolute Gasteiger partial charge is 0.122 e. The van der Waals surface area contributed by atoms with Crippen LogP contribution in [0.5, 0.6) is 5.75 Å². The Morgan fingerprint density at radius 3 is 3.15 bits per heavy atom. The van der Waals surface area contributed by atoms with Crippen LogP contribution in [0.15, 0.2) is 18.3 Å². The minimum absolute atomic E-state index is 0.730. The maximum Gasteiger partial charge on any atom is 0.122 e. The van der Waals surface area contributed by atoms with Crippen LogP contribution in [0.3, 0.4) is 0 Å². The van der Waals surface area contributed by atoms with Crippen LogP contribution in [0.4, 0.5) is 0 Å². The van der Waals surface area contributed by atoms with Crippen molar-refractivity contribution in [2.75, 3.05) is 7.11 Å². The van der Waals surface area contributed by atoms with Gasteiger partial charge in [0.2, 0.25) is 0 Å². The Labute approximate surface area is 78.1 Å². The van der Waals surface area contributed by atoms with E-state index in [4.69, 9.17) is 4.74 Å². The fourth-order valence-corrected chi connectivity index (χ4v) is 1.22. The van der Waals surface area contributed by atoms with Gasteiger partial charge in [-0.25, -0.2) is 0 Å². The van der Waals surface area contributed by atoms with Gasteiger partial charge in [0, 0.05) is 24.8 Å². The molecule has 1 heterocycles. The highest BCUT2D eigenvalue weighted by atomic mass is 16.5. The van der Waals surface area contributed by atoms with Gasteiger partial charge in [0.25, 0.3) is 0 Å². The van der Waals surface area contributed by atoms with E-state index < -0.39 is 0 Å². The van der Waals surface area contributed by atoms with Crippen molar-refractivity contribution in [3.63, 3.8) is 0 Å². The second-order valence-corrected chi connectivity index (χ2v) is 3.34. The molecule has 0 unspecified atom stereocenters. The van der Waals surface area contributed by atoms with Gasteiger partial charge in [0.1, 0.15) is 5.75 Å². The third kappa shape index (κ3) is 2.42. The van der Waals surface area contributed by atoms with E-state index in [1.807, 2.05) is 12.1 Å². The molecule has 3 heteroatoms. The van der Waals surface area contributed by atoms with E-state index in [1.165, 1.54) is 12.8 Å². The van der Waals surface area contributed by atoms with Crippen LogP contribution in [0.2, 0.25) is 0 Å². The minimum atomic E-state index is 0.730. The first kappa shape index (κ1) is 8.51. The number of nitrogens with one attached hydrogen (secondary N) is 1. The van der Waals surface area contributed by atoms with Crippen LogP contribution in [-0.4, -0.2) is 18.1 Å². The Kier molecular flexibility index (Phi) is 2.45. The number of pyridine rings is 1. The largest absolute Gasteiger partial charge is 0.497 e. The normalized spacial score (nSPS) is 15.8. The molecule has 1 fully saturated rings. The maximum absolute atomic E-state index is 5.11. The molecule has 2 rings (SSSR count). The van der Waals surface area contributed by atoms with Crippen LogP contribution in [0.1, 0.15) is 18.5 Å². The molecule has 0 spiro atoms. The van der Waals surface area contributed by atoms with Gasteiger partial charge in [-0.1, -0.05) is 0 Å². The van der Waals surface area contributed by atoms with Gasteiger partial charge in [-0.15, -0.1) is 0 Å². The van der Waals surface area contributed by atoms with Crippen LogP contribution < -0.4 is 10.1 Å². The molecule has 0 aromatic carbocycles. The van der Waals surface area contributed by atoms with Crippen molar-refractivity contribution < 1.29 is 4.74 Å². The summed E-state index contributed by atoms with van der Waals surface area (Å²) in [5.74, 6) is 0.877. The Bertz CT molecular complexity index is 284. The second-order valence-electron chi connectivity index (χ2n) is 3.34. The summed E-state index contributed by atoms with van der Waals surface area (Å²) in [4.78, 5) is 4.24. The highest BCUT2D eigenvalue weighted by Gasteiger charge is 2.20. The van der Waals surface area contributed by atoms with Crippen LogP contribution in [0.25, 0.3) is 0 Å². The maximum atomic E-state index is 5.11. The molecule has 0 aliphatic heterocycles. The van der Waals surface area contributed by atoms with E-state index in [0.717, 1.165) is 24.0 Å². The minimum Gasteiger partial charge on any atom is -0.497 e. The SMILES string of the molecule is COc1ccnc(CNC2CC2)c1. The number of hydrogen-bond acceptors (Lipinski definition) is 3. The number of aromatic nitrogens is 1. The Hall–Kier alpha value is -1.09. The van der Waals surface area contributed by atoms with Gasteiger partial charge in [0.05, 0.1) is 12.8 Å². The number of nitrogens with zero attached hydrogens (tertiary/aromatic N) is 1. The molecule has 13 heavy (non-hydrogen) atoms. The van der Waals surface area contributed by atoms with Crippen molar-refractivity contribution in [3.05, 3.63) is 24.0 Å². The van der Waals surface area contributed by atoms with E-state index in [9.17, 15) is 0 Å². The summed E-state index contributed by atoms with van der Waals surface area (Å²) >= 11 is 0. The van der Waals surface area contributed by atoms with Crippen molar-refractivity contribution in [2.45, 2.75) is 25.4 Å². The van der Waals surface area contributed by atoms with Crippen molar-refractivity contribution in [3.8, 4) is 5.75 Å². The van der Waals surface area contributed by atoms with E-state index in [2.05, 4.69) is 10.3 Å². The molecule has 1 aromatic rings. The third-order valence-electron chi connectivity index (χ3n) is 2.17. The second kappa shape index (κ2) is 3.75. The van der Waals surface area contributed by atoms with Gasteiger partial charge in [-0.05, 0) is 18.9 Å². The third-order valence-corrected chi connectivity index (χ3v) is 2.17. The average Bonchev–Trinajstić information content (AvgIpc) is 2.99. The monoisotopic (exact) mass is 178 g/mol. The van der Waals surface area contributed by atoms with E-state index >= 15 is 0 Å². The number of ether oxygens (including phenoxy) is 1. The highest BCUT2D eigenvalue weighted by molar-refractivity contribution is 5.22. The zero-order chi connectivity index (χ0) is 9.10. The summed E-state index contributed by atoms with van der Waals surface area (Å²) in [6.07, 6.45) is 4.40. The molecule has 1 aliphatic carbocycles. The fourth-order valence-electron chi connectivity index (χ4n) is 1.22. The molecule has 3 nitrogen and oxygen atoms in total. The van der Waals surface area contributed by atoms with E-state index in [1.54, 1.807) is 13.3 Å². The first-order valence-electron chi connectivity index (χ1n) is 4.61. The summed E-state index contributed by atoms with van der Waals surface area (Å²) in [7, 11) is 1.67. The highest BCUT2D eigenvalue weighted by Crippen LogP contribution is 2.19. The number of rotatable bonds is 4. The average molecular weight is 178 g/mol. The Morgan fingerprint density at radius 1 is 1.62 bits per heavy atom. The summed E-state index contributed by atoms with van der Waals surface area (Å²) in [5.41, 5.74) is 1.05. The molecule has 1 aliphatic rings. The van der Waals surface area contributed by atoms with Crippen LogP contribution in [-0.2, 0) is 6.54 Å². The molecule has 0 radical (unpaired) electrons. The molecule has 1 aromatic heterocycles. The molecule has 0 atom stereocenters. The number of hydrogen-bond donors (Lipinski definition) is 1. The van der Waals surface area contributed by atoms with Crippen LogP contribution >= 0.6 is 0 Å². The summed E-state index contributed by atoms with van der Waals surface area (Å²) < 4.78 is 5.11. The zero-order valence-electron chi connectivity index (χ0n) is 7.79. The van der Waals surface area contributed by atoms with Gasteiger partial charge in [0.15, 0.2) is 0 Å². The molecule has 0 saturated heterocycles. The van der Waals surface area contributed by atoms with E-state index in [-0.39, 0.29) is 0 Å². The lowest BCUT2D eigenvalue weighted by Gasteiger charge is -2.03. The van der Waals surface area contributed by atoms with Crippen molar-refractivity contribution in [1.82, 2.24) is 10.3 Å². The van der Waals surface area contributed by atoms with Crippen LogP contribution in [0, 0.1) is 0 Å². The lowest BCUT2D eigenvalue weighted by Crippen LogP contribution is -2.16. The predicted molar refractivity (Wildman–Crippen MR) is 50.7 cm³/mol. The van der Waals surface area contributed by atoms with Gasteiger partial charge >= 0.3 is 0 Å². The lowest BCUT2D eigenvalue weighted by molar-refractivity contribution is 0.413. The first-order chi connectivity index (χ1) is 6.38. The molecular weight excluding hydrogens is 164 g/mol. The fraction of sp³-hybridized carbons (Fsp3) is 0.500. The molecule has 1 N–H and O–H groups in total. The predicted octanol–water partition coefficient (Wildman–Crippen LogP) is 1.34. The topological polar surface area (TPSA) is 34.1 Å². The molecule has 0 bridgehead atoms. The first-order valence-corrected chi connectivity index (χ1v) is 4.61. The molecule has 70 valence electrons. The van der Waals surface area contributed by atoms with E-state index in [0.29, 0.717) is 0 Å². The summed E-state index contributed by atoms with van der Waals surface area (Å²) in [6.45, 7) is 0.849.